The lowest BCUT2D eigenvalue weighted by molar-refractivity contribution is 0.0655. The summed E-state index contributed by atoms with van der Waals surface area (Å²) in [7, 11) is 0. The molecule has 0 bridgehead atoms. The SMILES string of the molecule is CC1CCN(C(=O)c2cc([C@H]3CCCN(CC4CCCCC4)C3)no2)CC1. The third-order valence-corrected chi connectivity index (χ3v) is 6.97. The molecule has 5 heteroatoms. The highest BCUT2D eigenvalue weighted by atomic mass is 16.5. The Morgan fingerprint density at radius 1 is 1.07 bits per heavy atom. The first-order valence-electron chi connectivity index (χ1n) is 11.2. The van der Waals surface area contributed by atoms with Gasteiger partial charge in [-0.3, -0.25) is 4.79 Å². The number of amides is 1. The molecule has 2 aliphatic heterocycles. The molecule has 0 spiro atoms. The average molecular weight is 374 g/mol. The lowest BCUT2D eigenvalue weighted by atomic mass is 9.87. The molecule has 1 saturated carbocycles. The van der Waals surface area contributed by atoms with E-state index in [-0.39, 0.29) is 5.91 Å². The van der Waals surface area contributed by atoms with Crippen molar-refractivity contribution in [2.75, 3.05) is 32.7 Å². The maximum absolute atomic E-state index is 12.7. The van der Waals surface area contributed by atoms with Crippen molar-refractivity contribution in [2.24, 2.45) is 11.8 Å². The number of hydrogen-bond acceptors (Lipinski definition) is 4. The van der Waals surface area contributed by atoms with Crippen LogP contribution in [0.15, 0.2) is 10.6 Å². The fourth-order valence-corrected chi connectivity index (χ4v) is 5.15. The maximum atomic E-state index is 12.7. The van der Waals surface area contributed by atoms with Gasteiger partial charge in [-0.15, -0.1) is 0 Å². The van der Waals surface area contributed by atoms with Gasteiger partial charge in [0.2, 0.25) is 5.76 Å². The number of aromatic nitrogens is 1. The van der Waals surface area contributed by atoms with Crippen LogP contribution in [0.3, 0.4) is 0 Å². The van der Waals surface area contributed by atoms with E-state index in [9.17, 15) is 4.79 Å². The summed E-state index contributed by atoms with van der Waals surface area (Å²) >= 11 is 0. The van der Waals surface area contributed by atoms with E-state index in [1.807, 2.05) is 11.0 Å². The van der Waals surface area contributed by atoms with Crippen LogP contribution >= 0.6 is 0 Å². The summed E-state index contributed by atoms with van der Waals surface area (Å²) in [6.45, 7) is 7.46. The first-order chi connectivity index (χ1) is 13.2. The number of likely N-dealkylation sites (tertiary alicyclic amines) is 2. The first-order valence-corrected chi connectivity index (χ1v) is 11.2. The largest absolute Gasteiger partial charge is 0.351 e. The Hall–Kier alpha value is -1.36. The Labute approximate surface area is 163 Å². The topological polar surface area (TPSA) is 49.6 Å². The number of carbonyl (C=O) groups is 1. The van der Waals surface area contributed by atoms with E-state index in [1.54, 1.807) is 0 Å². The molecule has 4 rings (SSSR count). The predicted molar refractivity (Wildman–Crippen MR) is 106 cm³/mol. The molecule has 2 saturated heterocycles. The summed E-state index contributed by atoms with van der Waals surface area (Å²) in [4.78, 5) is 17.3. The van der Waals surface area contributed by atoms with Gasteiger partial charge in [-0.05, 0) is 56.9 Å². The van der Waals surface area contributed by atoms with Gasteiger partial charge in [0.25, 0.3) is 5.91 Å². The average Bonchev–Trinajstić information content (AvgIpc) is 3.19. The van der Waals surface area contributed by atoms with Crippen LogP contribution in [0.2, 0.25) is 0 Å². The van der Waals surface area contributed by atoms with Crippen molar-refractivity contribution in [3.05, 3.63) is 17.5 Å². The van der Waals surface area contributed by atoms with Crippen LogP contribution in [0.4, 0.5) is 0 Å². The van der Waals surface area contributed by atoms with Crippen LogP contribution in [0.1, 0.15) is 86.9 Å². The molecule has 3 aliphatic rings. The molecule has 0 radical (unpaired) electrons. The Morgan fingerprint density at radius 3 is 2.63 bits per heavy atom. The number of nitrogens with zero attached hydrogens (tertiary/aromatic N) is 3. The quantitative estimate of drug-likeness (QED) is 0.789. The van der Waals surface area contributed by atoms with Crippen molar-refractivity contribution in [1.29, 1.82) is 0 Å². The summed E-state index contributed by atoms with van der Waals surface area (Å²) in [5, 5.41) is 4.30. The Kier molecular flexibility index (Phi) is 6.16. The second-order valence-electron chi connectivity index (χ2n) is 9.19. The van der Waals surface area contributed by atoms with Crippen molar-refractivity contribution in [1.82, 2.24) is 15.0 Å². The minimum absolute atomic E-state index is 0.0236. The molecule has 0 unspecified atom stereocenters. The minimum Gasteiger partial charge on any atom is -0.351 e. The standard InChI is InChI=1S/C22H35N3O2/c1-17-9-12-25(13-10-17)22(26)21-14-20(23-27-21)19-8-5-11-24(16-19)15-18-6-3-2-4-7-18/h14,17-19H,2-13,15-16H2,1H3/t19-/m0/s1. The zero-order valence-electron chi connectivity index (χ0n) is 16.9. The summed E-state index contributed by atoms with van der Waals surface area (Å²) < 4.78 is 5.49. The highest BCUT2D eigenvalue weighted by Crippen LogP contribution is 2.30. The molecule has 1 amide bonds. The van der Waals surface area contributed by atoms with Crippen LogP contribution in [0, 0.1) is 11.8 Å². The van der Waals surface area contributed by atoms with Crippen molar-refractivity contribution in [2.45, 2.75) is 70.6 Å². The fourth-order valence-electron chi connectivity index (χ4n) is 5.15. The zero-order valence-corrected chi connectivity index (χ0v) is 16.9. The van der Waals surface area contributed by atoms with Crippen molar-refractivity contribution < 1.29 is 9.32 Å². The number of rotatable bonds is 4. The van der Waals surface area contributed by atoms with Gasteiger partial charge in [0, 0.05) is 38.2 Å². The van der Waals surface area contributed by atoms with Gasteiger partial charge in [0.15, 0.2) is 0 Å². The zero-order chi connectivity index (χ0) is 18.6. The smallest absolute Gasteiger partial charge is 0.292 e. The summed E-state index contributed by atoms with van der Waals surface area (Å²) in [5.74, 6) is 2.47. The molecular formula is C22H35N3O2. The summed E-state index contributed by atoms with van der Waals surface area (Å²) in [6.07, 6.45) is 11.6. The number of piperidine rings is 2. The lowest BCUT2D eigenvalue weighted by Gasteiger charge is -2.35. The molecule has 0 N–H and O–H groups in total. The van der Waals surface area contributed by atoms with Gasteiger partial charge in [-0.25, -0.2) is 0 Å². The maximum Gasteiger partial charge on any atom is 0.292 e. The van der Waals surface area contributed by atoms with E-state index in [1.165, 1.54) is 51.6 Å². The molecule has 5 nitrogen and oxygen atoms in total. The van der Waals surface area contributed by atoms with Crippen LogP contribution in [-0.2, 0) is 0 Å². The fraction of sp³-hybridized carbons (Fsp3) is 0.818. The van der Waals surface area contributed by atoms with Crippen LogP contribution < -0.4 is 0 Å². The van der Waals surface area contributed by atoms with Gasteiger partial charge in [0.05, 0.1) is 5.69 Å². The molecule has 0 aromatic carbocycles. The van der Waals surface area contributed by atoms with Gasteiger partial charge >= 0.3 is 0 Å². The van der Waals surface area contributed by atoms with Crippen molar-refractivity contribution in [3.8, 4) is 0 Å². The molecular weight excluding hydrogens is 338 g/mol. The summed E-state index contributed by atoms with van der Waals surface area (Å²) in [6, 6.07) is 1.93. The highest BCUT2D eigenvalue weighted by Gasteiger charge is 2.29. The van der Waals surface area contributed by atoms with E-state index in [0.717, 1.165) is 56.4 Å². The molecule has 27 heavy (non-hydrogen) atoms. The van der Waals surface area contributed by atoms with E-state index in [0.29, 0.717) is 11.7 Å². The number of carbonyl (C=O) groups excluding carboxylic acids is 1. The molecule has 1 aromatic heterocycles. The second kappa shape index (κ2) is 8.76. The molecule has 1 aliphatic carbocycles. The molecule has 3 heterocycles. The molecule has 3 fully saturated rings. The van der Waals surface area contributed by atoms with Gasteiger partial charge < -0.3 is 14.3 Å². The minimum atomic E-state index is 0.0236. The molecule has 150 valence electrons. The van der Waals surface area contributed by atoms with E-state index in [2.05, 4.69) is 17.0 Å². The molecule has 1 aromatic rings. The van der Waals surface area contributed by atoms with Gasteiger partial charge in [0.1, 0.15) is 0 Å². The van der Waals surface area contributed by atoms with E-state index >= 15 is 0 Å². The Bertz CT molecular complexity index is 615. The van der Waals surface area contributed by atoms with Crippen molar-refractivity contribution >= 4 is 5.91 Å². The second-order valence-corrected chi connectivity index (χ2v) is 9.19. The van der Waals surface area contributed by atoms with Crippen LogP contribution in [-0.4, -0.2) is 53.6 Å². The Balaban J connectivity index is 1.33. The van der Waals surface area contributed by atoms with Gasteiger partial charge in [-0.1, -0.05) is 31.3 Å². The molecule has 1 atom stereocenters. The van der Waals surface area contributed by atoms with Crippen LogP contribution in [0.5, 0.6) is 0 Å². The van der Waals surface area contributed by atoms with Crippen LogP contribution in [0.25, 0.3) is 0 Å². The predicted octanol–water partition coefficient (Wildman–Crippen LogP) is 4.31. The normalized spacial score (nSPS) is 26.4. The lowest BCUT2D eigenvalue weighted by Crippen LogP contribution is -2.38. The monoisotopic (exact) mass is 373 g/mol. The van der Waals surface area contributed by atoms with Crippen molar-refractivity contribution in [3.63, 3.8) is 0 Å². The summed E-state index contributed by atoms with van der Waals surface area (Å²) in [5.41, 5.74) is 0.983. The van der Waals surface area contributed by atoms with E-state index in [4.69, 9.17) is 4.52 Å². The Morgan fingerprint density at radius 2 is 1.85 bits per heavy atom. The van der Waals surface area contributed by atoms with Gasteiger partial charge in [-0.2, -0.15) is 0 Å². The number of hydrogen-bond donors (Lipinski definition) is 0. The first kappa shape index (κ1) is 19.0. The highest BCUT2D eigenvalue weighted by molar-refractivity contribution is 5.91. The third kappa shape index (κ3) is 4.74. The van der Waals surface area contributed by atoms with E-state index < -0.39 is 0 Å². The third-order valence-electron chi connectivity index (χ3n) is 6.97.